The Hall–Kier alpha value is -0.0631. The molecule has 0 radical (unpaired) electrons. The molecule has 1 aliphatic rings. The van der Waals surface area contributed by atoms with Gasteiger partial charge in [-0.3, -0.25) is 4.90 Å². The number of morpholine rings is 1. The Bertz CT molecular complexity index is 499. The SMILES string of the molecule is CC1CN(CCC[Si](C)(C)c2ccc(Cl)c(Cl)c2)CC(C)O1. The minimum Gasteiger partial charge on any atom is -0.373 e. The van der Waals surface area contributed by atoms with Crippen LogP contribution in [0.1, 0.15) is 20.3 Å². The van der Waals surface area contributed by atoms with Crippen molar-refractivity contribution in [1.82, 2.24) is 4.90 Å². The minimum atomic E-state index is -1.45. The Balaban J connectivity index is 1.88. The largest absolute Gasteiger partial charge is 0.373 e. The Labute approximate surface area is 145 Å². The molecule has 2 nitrogen and oxygen atoms in total. The van der Waals surface area contributed by atoms with Crippen LogP contribution in [0.4, 0.5) is 0 Å². The van der Waals surface area contributed by atoms with Gasteiger partial charge in [0.05, 0.1) is 30.3 Å². The molecule has 1 saturated heterocycles. The Morgan fingerprint density at radius 2 is 1.77 bits per heavy atom. The second-order valence-corrected chi connectivity index (χ2v) is 12.8. The normalized spacial score (nSPS) is 23.7. The van der Waals surface area contributed by atoms with Crippen LogP contribution in [0.25, 0.3) is 0 Å². The van der Waals surface area contributed by atoms with E-state index in [-0.39, 0.29) is 0 Å². The monoisotopic (exact) mass is 359 g/mol. The maximum atomic E-state index is 6.18. The van der Waals surface area contributed by atoms with Crippen molar-refractivity contribution in [3.63, 3.8) is 0 Å². The second kappa shape index (κ2) is 7.67. The van der Waals surface area contributed by atoms with E-state index in [0.29, 0.717) is 22.3 Å². The average molecular weight is 360 g/mol. The first kappa shape index (κ1) is 18.3. The van der Waals surface area contributed by atoms with Crippen LogP contribution in [0.3, 0.4) is 0 Å². The highest BCUT2D eigenvalue weighted by atomic mass is 35.5. The molecule has 0 saturated carbocycles. The summed E-state index contributed by atoms with van der Waals surface area (Å²) in [6.07, 6.45) is 1.94. The van der Waals surface area contributed by atoms with E-state index < -0.39 is 8.07 Å². The summed E-state index contributed by atoms with van der Waals surface area (Å²) in [6, 6.07) is 7.42. The molecule has 2 atom stereocenters. The molecule has 0 N–H and O–H groups in total. The van der Waals surface area contributed by atoms with Crippen molar-refractivity contribution in [2.75, 3.05) is 19.6 Å². The van der Waals surface area contributed by atoms with Crippen molar-refractivity contribution in [3.8, 4) is 0 Å². The topological polar surface area (TPSA) is 12.5 Å². The van der Waals surface area contributed by atoms with E-state index in [1.54, 1.807) is 0 Å². The summed E-state index contributed by atoms with van der Waals surface area (Å²) in [7, 11) is -1.45. The molecule has 1 aromatic rings. The van der Waals surface area contributed by atoms with Crippen molar-refractivity contribution in [2.24, 2.45) is 0 Å². The van der Waals surface area contributed by atoms with E-state index in [4.69, 9.17) is 27.9 Å². The van der Waals surface area contributed by atoms with Crippen molar-refractivity contribution in [2.45, 2.75) is 51.6 Å². The van der Waals surface area contributed by atoms with Gasteiger partial charge in [0.15, 0.2) is 0 Å². The quantitative estimate of drug-likeness (QED) is 0.722. The molecule has 1 heterocycles. The van der Waals surface area contributed by atoms with Crippen LogP contribution >= 0.6 is 23.2 Å². The standard InChI is InChI=1S/C17H27Cl2NOSi/c1-13-11-20(12-14(2)21-13)8-5-9-22(3,4)15-6-7-16(18)17(19)10-15/h6-7,10,13-14H,5,8-9,11-12H2,1-4H3. The van der Waals surface area contributed by atoms with Gasteiger partial charge < -0.3 is 4.74 Å². The molecule has 22 heavy (non-hydrogen) atoms. The molecule has 0 aliphatic carbocycles. The number of rotatable bonds is 5. The van der Waals surface area contributed by atoms with Crippen molar-refractivity contribution in [3.05, 3.63) is 28.2 Å². The van der Waals surface area contributed by atoms with Crippen LogP contribution in [0, 0.1) is 0 Å². The summed E-state index contributed by atoms with van der Waals surface area (Å²) >= 11 is 12.2. The highest BCUT2D eigenvalue weighted by Gasteiger charge is 2.26. The van der Waals surface area contributed by atoms with Crippen molar-refractivity contribution in [1.29, 1.82) is 0 Å². The number of halogens is 2. The van der Waals surface area contributed by atoms with Gasteiger partial charge in [-0.25, -0.2) is 0 Å². The molecule has 0 amide bonds. The Kier molecular flexibility index (Phi) is 6.37. The van der Waals surface area contributed by atoms with E-state index >= 15 is 0 Å². The van der Waals surface area contributed by atoms with Gasteiger partial charge in [-0.05, 0) is 38.9 Å². The number of ether oxygens (including phenoxy) is 1. The first-order valence-electron chi connectivity index (χ1n) is 8.11. The zero-order valence-corrected chi connectivity index (χ0v) is 16.5. The molecular formula is C17H27Cl2NOSi. The molecule has 0 aromatic heterocycles. The molecule has 0 spiro atoms. The van der Waals surface area contributed by atoms with Crippen LogP contribution in [0.5, 0.6) is 0 Å². The lowest BCUT2D eigenvalue weighted by Gasteiger charge is -2.35. The fourth-order valence-corrected chi connectivity index (χ4v) is 6.06. The second-order valence-electron chi connectivity index (χ2n) is 7.13. The zero-order valence-electron chi connectivity index (χ0n) is 14.0. The Morgan fingerprint density at radius 1 is 1.14 bits per heavy atom. The van der Waals surface area contributed by atoms with Crippen LogP contribution in [0.15, 0.2) is 18.2 Å². The van der Waals surface area contributed by atoms with Gasteiger partial charge >= 0.3 is 0 Å². The van der Waals surface area contributed by atoms with E-state index in [1.807, 2.05) is 6.07 Å². The van der Waals surface area contributed by atoms with E-state index in [9.17, 15) is 0 Å². The number of nitrogens with zero attached hydrogens (tertiary/aromatic N) is 1. The Morgan fingerprint density at radius 3 is 2.36 bits per heavy atom. The molecule has 0 bridgehead atoms. The first-order chi connectivity index (χ1) is 10.3. The van der Waals surface area contributed by atoms with E-state index in [0.717, 1.165) is 19.6 Å². The predicted molar refractivity (Wildman–Crippen MR) is 99.5 cm³/mol. The molecule has 1 aromatic carbocycles. The average Bonchev–Trinajstić information content (AvgIpc) is 2.40. The molecule has 124 valence electrons. The maximum absolute atomic E-state index is 6.18. The smallest absolute Gasteiger partial charge is 0.0807 e. The molecule has 2 unspecified atom stereocenters. The number of hydrogen-bond donors (Lipinski definition) is 0. The molecule has 1 fully saturated rings. The van der Waals surface area contributed by atoms with Crippen LogP contribution in [-0.4, -0.2) is 44.8 Å². The lowest BCUT2D eigenvalue weighted by atomic mass is 10.2. The third kappa shape index (κ3) is 4.97. The predicted octanol–water partition coefficient (Wildman–Crippen LogP) is 4.41. The van der Waals surface area contributed by atoms with E-state index in [2.05, 4.69) is 44.0 Å². The number of benzene rings is 1. The summed E-state index contributed by atoms with van der Waals surface area (Å²) in [6.45, 7) is 12.4. The van der Waals surface area contributed by atoms with Gasteiger partial charge in [-0.15, -0.1) is 0 Å². The molecule has 2 rings (SSSR count). The lowest BCUT2D eigenvalue weighted by molar-refractivity contribution is -0.0677. The van der Waals surface area contributed by atoms with Gasteiger partial charge in [-0.1, -0.05) is 53.6 Å². The zero-order chi connectivity index (χ0) is 16.3. The molecule has 5 heteroatoms. The summed E-state index contributed by atoms with van der Waals surface area (Å²) in [5.74, 6) is 0. The minimum absolute atomic E-state index is 0.351. The highest BCUT2D eigenvalue weighted by Crippen LogP contribution is 2.22. The summed E-state index contributed by atoms with van der Waals surface area (Å²) < 4.78 is 5.80. The molecular weight excluding hydrogens is 333 g/mol. The van der Waals surface area contributed by atoms with Crippen molar-refractivity contribution < 1.29 is 4.74 Å². The van der Waals surface area contributed by atoms with Gasteiger partial charge in [0.2, 0.25) is 0 Å². The summed E-state index contributed by atoms with van der Waals surface area (Å²) in [5, 5.41) is 2.72. The summed E-state index contributed by atoms with van der Waals surface area (Å²) in [4.78, 5) is 2.54. The van der Waals surface area contributed by atoms with Gasteiger partial charge in [0.1, 0.15) is 0 Å². The third-order valence-corrected chi connectivity index (χ3v) is 8.69. The highest BCUT2D eigenvalue weighted by molar-refractivity contribution is 6.89. The van der Waals surface area contributed by atoms with Crippen LogP contribution in [0.2, 0.25) is 29.2 Å². The fraction of sp³-hybridized carbons (Fsp3) is 0.647. The third-order valence-electron chi connectivity index (χ3n) is 4.47. The van der Waals surface area contributed by atoms with Crippen LogP contribution < -0.4 is 5.19 Å². The fourth-order valence-electron chi connectivity index (χ4n) is 3.27. The lowest BCUT2D eigenvalue weighted by Crippen LogP contribution is -2.46. The van der Waals surface area contributed by atoms with E-state index in [1.165, 1.54) is 17.7 Å². The van der Waals surface area contributed by atoms with Gasteiger partial charge in [-0.2, -0.15) is 0 Å². The first-order valence-corrected chi connectivity index (χ1v) is 12.1. The van der Waals surface area contributed by atoms with Crippen LogP contribution in [-0.2, 0) is 4.74 Å². The van der Waals surface area contributed by atoms with Crippen molar-refractivity contribution >= 4 is 36.5 Å². The van der Waals surface area contributed by atoms with Gasteiger partial charge in [0, 0.05) is 13.1 Å². The number of hydrogen-bond acceptors (Lipinski definition) is 2. The molecule has 1 aliphatic heterocycles. The summed E-state index contributed by atoms with van der Waals surface area (Å²) in [5.41, 5.74) is 0. The maximum Gasteiger partial charge on any atom is 0.0807 e. The van der Waals surface area contributed by atoms with Gasteiger partial charge in [0.25, 0.3) is 0 Å².